The molecular weight excluding hydrogens is 280 g/mol. The average Bonchev–Trinajstić information content (AvgIpc) is 2.54. The molecule has 0 aliphatic heterocycles. The lowest BCUT2D eigenvalue weighted by molar-refractivity contribution is -0.147. The average molecular weight is 314 g/mol. The molecule has 0 saturated heterocycles. The van der Waals surface area contributed by atoms with Crippen LogP contribution in [0.3, 0.4) is 0 Å². The van der Waals surface area contributed by atoms with Gasteiger partial charge in [0.25, 0.3) is 0 Å². The van der Waals surface area contributed by atoms with Crippen LogP contribution < -0.4 is 0 Å². The largest absolute Gasteiger partial charge is 0.469 e. The van der Waals surface area contributed by atoms with Gasteiger partial charge >= 0.3 is 5.97 Å². The van der Waals surface area contributed by atoms with E-state index >= 15 is 0 Å². The molecule has 1 atom stereocenters. The van der Waals surface area contributed by atoms with Gasteiger partial charge in [-0.2, -0.15) is 0 Å². The van der Waals surface area contributed by atoms with Crippen LogP contribution in [0.2, 0.25) is 0 Å². The first-order valence-electron chi connectivity index (χ1n) is 8.53. The number of esters is 1. The van der Waals surface area contributed by atoms with Crippen LogP contribution in [-0.4, -0.2) is 61.5 Å². The molecular formula is C17H34N2O3. The summed E-state index contributed by atoms with van der Waals surface area (Å²) in [6, 6.07) is 0. The van der Waals surface area contributed by atoms with Crippen LogP contribution in [0.25, 0.3) is 0 Å². The van der Waals surface area contributed by atoms with Crippen LogP contribution in [-0.2, 0) is 14.3 Å². The van der Waals surface area contributed by atoms with Gasteiger partial charge in [0.1, 0.15) is 0 Å². The van der Waals surface area contributed by atoms with E-state index in [1.54, 1.807) is 0 Å². The Balaban J connectivity index is 4.89. The lowest BCUT2D eigenvalue weighted by atomic mass is 10.0. The van der Waals surface area contributed by atoms with Crippen molar-refractivity contribution in [2.24, 2.45) is 11.8 Å². The molecule has 130 valence electrons. The minimum atomic E-state index is -0.292. The molecule has 0 aliphatic rings. The summed E-state index contributed by atoms with van der Waals surface area (Å²) in [5, 5.41) is 0. The first-order chi connectivity index (χ1) is 10.4. The maximum Gasteiger partial charge on any atom is 0.310 e. The number of carbonyl (C=O) groups is 2. The number of carbonyl (C=O) groups excluding carboxylic acids is 2. The third kappa shape index (κ3) is 6.77. The van der Waals surface area contributed by atoms with E-state index in [9.17, 15) is 9.59 Å². The second kappa shape index (κ2) is 11.5. The highest BCUT2D eigenvalue weighted by Crippen LogP contribution is 2.14. The van der Waals surface area contributed by atoms with Gasteiger partial charge in [0.2, 0.25) is 5.91 Å². The topological polar surface area (TPSA) is 49.9 Å². The van der Waals surface area contributed by atoms with Crippen LogP contribution in [0.1, 0.15) is 47.5 Å². The fourth-order valence-corrected chi connectivity index (χ4v) is 2.60. The van der Waals surface area contributed by atoms with Crippen LogP contribution in [0.4, 0.5) is 0 Å². The number of amides is 1. The predicted molar refractivity (Wildman–Crippen MR) is 89.6 cm³/mol. The highest BCUT2D eigenvalue weighted by Gasteiger charge is 2.25. The summed E-state index contributed by atoms with van der Waals surface area (Å²) < 4.78 is 4.79. The van der Waals surface area contributed by atoms with Gasteiger partial charge in [0.05, 0.1) is 13.0 Å². The van der Waals surface area contributed by atoms with E-state index in [0.717, 1.165) is 32.5 Å². The summed E-state index contributed by atoms with van der Waals surface area (Å²) in [5.74, 6) is -0.348. The smallest absolute Gasteiger partial charge is 0.310 e. The Morgan fingerprint density at radius 2 is 1.55 bits per heavy atom. The first-order valence-corrected chi connectivity index (χ1v) is 8.53. The third-order valence-electron chi connectivity index (χ3n) is 4.32. The van der Waals surface area contributed by atoms with E-state index in [0.29, 0.717) is 13.1 Å². The minimum absolute atomic E-state index is 0.0431. The van der Waals surface area contributed by atoms with Gasteiger partial charge in [-0.15, -0.1) is 0 Å². The summed E-state index contributed by atoms with van der Waals surface area (Å²) >= 11 is 0. The summed E-state index contributed by atoms with van der Waals surface area (Å²) in [7, 11) is 1.39. The minimum Gasteiger partial charge on any atom is -0.469 e. The Morgan fingerprint density at radius 1 is 1.00 bits per heavy atom. The maximum atomic E-state index is 12.7. The van der Waals surface area contributed by atoms with Crippen molar-refractivity contribution in [3.05, 3.63) is 0 Å². The summed E-state index contributed by atoms with van der Waals surface area (Å²) in [6.45, 7) is 14.0. The van der Waals surface area contributed by atoms with Crippen LogP contribution in [0.15, 0.2) is 0 Å². The Labute approximate surface area is 136 Å². The van der Waals surface area contributed by atoms with Crippen molar-refractivity contribution in [3.63, 3.8) is 0 Å². The Morgan fingerprint density at radius 3 is 1.95 bits per heavy atom. The van der Waals surface area contributed by atoms with Crippen molar-refractivity contribution in [3.8, 4) is 0 Å². The highest BCUT2D eigenvalue weighted by molar-refractivity contribution is 5.80. The number of likely N-dealkylation sites (N-methyl/N-ethyl adjacent to an activating group) is 1. The summed E-state index contributed by atoms with van der Waals surface area (Å²) in [4.78, 5) is 28.5. The molecule has 1 unspecified atom stereocenters. The molecule has 5 nitrogen and oxygen atoms in total. The van der Waals surface area contributed by atoms with Gasteiger partial charge in [0.15, 0.2) is 0 Å². The van der Waals surface area contributed by atoms with Crippen molar-refractivity contribution in [2.75, 3.05) is 39.8 Å². The normalized spacial score (nSPS) is 12.5. The highest BCUT2D eigenvalue weighted by atomic mass is 16.5. The van der Waals surface area contributed by atoms with Crippen molar-refractivity contribution < 1.29 is 14.3 Å². The molecule has 0 aliphatic carbocycles. The standard InChI is InChI=1S/C17H34N2O3/c1-7-15(8-2)16(20)19(12-11-18(9-3)10-4)13-14(5)17(21)22-6/h14-15H,7-13H2,1-6H3. The summed E-state index contributed by atoms with van der Waals surface area (Å²) in [5.41, 5.74) is 0. The van der Waals surface area contributed by atoms with Crippen molar-refractivity contribution >= 4 is 11.9 Å². The van der Waals surface area contributed by atoms with Crippen LogP contribution >= 0.6 is 0 Å². The zero-order valence-electron chi connectivity index (χ0n) is 15.2. The zero-order valence-corrected chi connectivity index (χ0v) is 15.2. The molecule has 0 bridgehead atoms. The molecule has 0 aromatic carbocycles. The van der Waals surface area contributed by atoms with Gasteiger partial charge < -0.3 is 14.5 Å². The fraction of sp³-hybridized carbons (Fsp3) is 0.882. The zero-order chi connectivity index (χ0) is 17.1. The molecule has 0 fully saturated rings. The number of hydrogen-bond acceptors (Lipinski definition) is 4. The molecule has 5 heteroatoms. The van der Waals surface area contributed by atoms with Crippen LogP contribution in [0.5, 0.6) is 0 Å². The predicted octanol–water partition coefficient (Wildman–Crippen LogP) is 2.40. The third-order valence-corrected chi connectivity index (χ3v) is 4.32. The van der Waals surface area contributed by atoms with Gasteiger partial charge in [-0.05, 0) is 25.9 Å². The van der Waals surface area contributed by atoms with E-state index in [1.165, 1.54) is 7.11 Å². The van der Waals surface area contributed by atoms with E-state index in [2.05, 4.69) is 18.7 Å². The van der Waals surface area contributed by atoms with E-state index in [1.807, 2.05) is 25.7 Å². The molecule has 0 saturated carbocycles. The Kier molecular flexibility index (Phi) is 10.9. The SMILES string of the molecule is CCC(CC)C(=O)N(CCN(CC)CC)CC(C)C(=O)OC. The second-order valence-corrected chi connectivity index (χ2v) is 5.75. The Bertz CT molecular complexity index is 326. The van der Waals surface area contributed by atoms with Crippen LogP contribution in [0, 0.1) is 11.8 Å². The van der Waals surface area contributed by atoms with E-state index < -0.39 is 0 Å². The second-order valence-electron chi connectivity index (χ2n) is 5.75. The van der Waals surface area contributed by atoms with E-state index in [4.69, 9.17) is 4.74 Å². The lowest BCUT2D eigenvalue weighted by Gasteiger charge is -2.30. The number of methoxy groups -OCH3 is 1. The molecule has 0 N–H and O–H groups in total. The van der Waals surface area contributed by atoms with E-state index in [-0.39, 0.29) is 23.7 Å². The quantitative estimate of drug-likeness (QED) is 0.550. The number of nitrogens with zero attached hydrogens (tertiary/aromatic N) is 2. The number of rotatable bonds is 11. The Hall–Kier alpha value is -1.10. The van der Waals surface area contributed by atoms with Gasteiger partial charge in [-0.1, -0.05) is 34.6 Å². The molecule has 0 spiro atoms. The van der Waals surface area contributed by atoms with Gasteiger partial charge in [-0.25, -0.2) is 0 Å². The van der Waals surface area contributed by atoms with Gasteiger partial charge in [-0.3, -0.25) is 9.59 Å². The first kappa shape index (κ1) is 20.9. The maximum absolute atomic E-state index is 12.7. The van der Waals surface area contributed by atoms with Crippen molar-refractivity contribution in [1.82, 2.24) is 9.80 Å². The lowest BCUT2D eigenvalue weighted by Crippen LogP contribution is -2.44. The number of ether oxygens (including phenoxy) is 1. The molecule has 0 rings (SSSR count). The molecule has 0 aromatic heterocycles. The molecule has 0 aromatic rings. The van der Waals surface area contributed by atoms with Crippen molar-refractivity contribution in [2.45, 2.75) is 47.5 Å². The van der Waals surface area contributed by atoms with Gasteiger partial charge in [0, 0.05) is 25.6 Å². The number of hydrogen-bond donors (Lipinski definition) is 0. The monoisotopic (exact) mass is 314 g/mol. The molecule has 1 amide bonds. The van der Waals surface area contributed by atoms with Crippen molar-refractivity contribution in [1.29, 1.82) is 0 Å². The molecule has 0 heterocycles. The summed E-state index contributed by atoms with van der Waals surface area (Å²) in [6.07, 6.45) is 1.67. The fourth-order valence-electron chi connectivity index (χ4n) is 2.60. The molecule has 22 heavy (non-hydrogen) atoms. The molecule has 0 radical (unpaired) electrons.